The van der Waals surface area contributed by atoms with Gasteiger partial charge in [0, 0.05) is 11.3 Å². The maximum Gasteiger partial charge on any atom is 0.321 e. The highest BCUT2D eigenvalue weighted by Gasteiger charge is 2.22. The molecule has 0 aliphatic heterocycles. The summed E-state index contributed by atoms with van der Waals surface area (Å²) in [7, 11) is 0. The van der Waals surface area contributed by atoms with Crippen molar-refractivity contribution in [3.8, 4) is 0 Å². The lowest BCUT2D eigenvalue weighted by atomic mass is 10.1. The molecule has 0 fully saturated rings. The summed E-state index contributed by atoms with van der Waals surface area (Å²) < 4.78 is 5.12. The Morgan fingerprint density at radius 3 is 2.75 bits per heavy atom. The van der Waals surface area contributed by atoms with Crippen molar-refractivity contribution in [3.63, 3.8) is 0 Å². The van der Waals surface area contributed by atoms with Gasteiger partial charge in [-0.3, -0.25) is 14.9 Å². The number of carbonyl (C=O) groups is 2. The van der Waals surface area contributed by atoms with Crippen molar-refractivity contribution in [1.82, 2.24) is 5.32 Å². The number of nitrogens with one attached hydrogen (secondary N) is 1. The van der Waals surface area contributed by atoms with Crippen molar-refractivity contribution in [2.24, 2.45) is 0 Å². The van der Waals surface area contributed by atoms with Gasteiger partial charge >= 0.3 is 5.97 Å². The van der Waals surface area contributed by atoms with Crippen LogP contribution in [-0.4, -0.2) is 22.9 Å². The van der Waals surface area contributed by atoms with Crippen LogP contribution in [0.4, 0.5) is 0 Å². The van der Waals surface area contributed by atoms with E-state index < -0.39 is 12.0 Å². The van der Waals surface area contributed by atoms with Crippen molar-refractivity contribution >= 4 is 23.1 Å². The molecule has 0 aliphatic rings. The molecule has 0 aromatic carbocycles. The fourth-order valence-electron chi connectivity index (χ4n) is 1.75. The second-order valence-electron chi connectivity index (χ2n) is 4.39. The van der Waals surface area contributed by atoms with Crippen LogP contribution < -0.4 is 5.32 Å². The van der Waals surface area contributed by atoms with Gasteiger partial charge in [-0.1, -0.05) is 0 Å². The summed E-state index contributed by atoms with van der Waals surface area (Å²) in [5.74, 6) is -0.573. The molecule has 2 heterocycles. The second kappa shape index (κ2) is 6.49. The summed E-state index contributed by atoms with van der Waals surface area (Å²) in [6, 6.07) is 6.13. The number of carboxylic acid groups (broad SMARTS) is 1. The number of carbonyl (C=O) groups excluding carboxylic acids is 1. The molecule has 6 heteroatoms. The van der Waals surface area contributed by atoms with Crippen molar-refractivity contribution in [1.29, 1.82) is 0 Å². The predicted octanol–water partition coefficient (Wildman–Crippen LogP) is 2.47. The molecule has 106 valence electrons. The average molecular weight is 293 g/mol. The summed E-state index contributed by atoms with van der Waals surface area (Å²) in [5.41, 5.74) is 0. The lowest BCUT2D eigenvalue weighted by molar-refractivity contribution is -0.139. The number of aliphatic carboxylic acids is 1. The predicted molar refractivity (Wildman–Crippen MR) is 75.0 cm³/mol. The maximum atomic E-state index is 12.0. The number of ketones is 1. The minimum absolute atomic E-state index is 0.0734. The number of hydrogen-bond donors (Lipinski definition) is 2. The van der Waals surface area contributed by atoms with Gasteiger partial charge in [-0.2, -0.15) is 0 Å². The summed E-state index contributed by atoms with van der Waals surface area (Å²) in [6.45, 7) is 2.19. The number of carboxylic acids is 1. The van der Waals surface area contributed by atoms with Crippen LogP contribution in [-0.2, 0) is 11.3 Å². The number of thiophene rings is 1. The van der Waals surface area contributed by atoms with Gasteiger partial charge in [-0.25, -0.2) is 0 Å². The van der Waals surface area contributed by atoms with Gasteiger partial charge in [-0.05, 0) is 31.2 Å². The number of aryl methyl sites for hydroxylation is 1. The molecule has 1 atom stereocenters. The molecule has 0 spiro atoms. The van der Waals surface area contributed by atoms with Crippen LogP contribution in [0.3, 0.4) is 0 Å². The van der Waals surface area contributed by atoms with Gasteiger partial charge in [0.2, 0.25) is 0 Å². The lowest BCUT2D eigenvalue weighted by Gasteiger charge is -2.12. The fraction of sp³-hybridized carbons (Fsp3) is 0.286. The van der Waals surface area contributed by atoms with Gasteiger partial charge in [0.15, 0.2) is 5.78 Å². The topological polar surface area (TPSA) is 79.5 Å². The third-order valence-corrected chi connectivity index (χ3v) is 3.85. The highest BCUT2D eigenvalue weighted by atomic mass is 32.1. The highest BCUT2D eigenvalue weighted by Crippen LogP contribution is 2.17. The average Bonchev–Trinajstić information content (AvgIpc) is 3.04. The van der Waals surface area contributed by atoms with Gasteiger partial charge < -0.3 is 9.52 Å². The number of rotatable bonds is 7. The third-order valence-electron chi connectivity index (χ3n) is 2.81. The molecule has 0 bridgehead atoms. The fourth-order valence-corrected chi connectivity index (χ4v) is 2.57. The van der Waals surface area contributed by atoms with E-state index in [1.54, 1.807) is 18.2 Å². The van der Waals surface area contributed by atoms with E-state index in [4.69, 9.17) is 9.52 Å². The van der Waals surface area contributed by atoms with E-state index in [9.17, 15) is 9.59 Å². The van der Waals surface area contributed by atoms with E-state index in [0.717, 1.165) is 4.88 Å². The summed E-state index contributed by atoms with van der Waals surface area (Å²) in [5, 5.41) is 12.0. The van der Waals surface area contributed by atoms with Crippen LogP contribution >= 0.6 is 11.3 Å². The zero-order valence-electron chi connectivity index (χ0n) is 11.0. The SMILES string of the molecule is Cc1ccc(C(=O)CC(NCc2ccco2)C(=O)O)s1. The molecule has 0 saturated heterocycles. The highest BCUT2D eigenvalue weighted by molar-refractivity contribution is 7.14. The Balaban J connectivity index is 1.95. The van der Waals surface area contributed by atoms with E-state index in [2.05, 4.69) is 5.32 Å². The van der Waals surface area contributed by atoms with Gasteiger partial charge in [0.1, 0.15) is 11.8 Å². The molecule has 2 aromatic heterocycles. The molecular formula is C14H15NO4S. The summed E-state index contributed by atoms with van der Waals surface area (Å²) in [4.78, 5) is 24.8. The molecule has 20 heavy (non-hydrogen) atoms. The Morgan fingerprint density at radius 2 is 2.20 bits per heavy atom. The number of Topliss-reactive ketones (excluding diaryl/α,β-unsaturated/α-hetero) is 1. The summed E-state index contributed by atoms with van der Waals surface area (Å²) in [6.07, 6.45) is 1.45. The van der Waals surface area contributed by atoms with Crippen molar-refractivity contribution < 1.29 is 19.1 Å². The molecule has 0 aliphatic carbocycles. The first kappa shape index (κ1) is 14.5. The van der Waals surface area contributed by atoms with Crippen LogP contribution in [0.25, 0.3) is 0 Å². The van der Waals surface area contributed by atoms with Crippen LogP contribution in [0, 0.1) is 6.92 Å². The Hall–Kier alpha value is -1.92. The Kier molecular flexibility index (Phi) is 4.70. The lowest BCUT2D eigenvalue weighted by Crippen LogP contribution is -2.37. The molecular weight excluding hydrogens is 278 g/mol. The molecule has 2 N–H and O–H groups in total. The Morgan fingerprint density at radius 1 is 1.40 bits per heavy atom. The van der Waals surface area contributed by atoms with E-state index in [1.165, 1.54) is 17.6 Å². The van der Waals surface area contributed by atoms with Crippen LogP contribution in [0.2, 0.25) is 0 Å². The van der Waals surface area contributed by atoms with Gasteiger partial charge in [-0.15, -0.1) is 11.3 Å². The van der Waals surface area contributed by atoms with Crippen molar-refractivity contribution in [3.05, 3.63) is 46.0 Å². The van der Waals surface area contributed by atoms with Crippen molar-refractivity contribution in [2.75, 3.05) is 0 Å². The zero-order chi connectivity index (χ0) is 14.5. The first-order valence-electron chi connectivity index (χ1n) is 6.14. The van der Waals surface area contributed by atoms with E-state index in [1.807, 2.05) is 13.0 Å². The first-order valence-corrected chi connectivity index (χ1v) is 6.96. The third kappa shape index (κ3) is 3.79. The standard InChI is InChI=1S/C14H15NO4S/c1-9-4-5-13(20-9)12(16)7-11(14(17)18)15-8-10-3-2-6-19-10/h2-6,11,15H,7-8H2,1H3,(H,17,18). The van der Waals surface area contributed by atoms with E-state index in [0.29, 0.717) is 10.6 Å². The Bertz CT molecular complexity index is 588. The van der Waals surface area contributed by atoms with E-state index in [-0.39, 0.29) is 18.7 Å². The van der Waals surface area contributed by atoms with E-state index >= 15 is 0 Å². The molecule has 0 saturated carbocycles. The van der Waals surface area contributed by atoms with Crippen LogP contribution in [0.5, 0.6) is 0 Å². The molecule has 0 amide bonds. The Labute approximate surface area is 120 Å². The molecule has 5 nitrogen and oxygen atoms in total. The van der Waals surface area contributed by atoms with Crippen LogP contribution in [0.1, 0.15) is 26.7 Å². The maximum absolute atomic E-state index is 12.0. The summed E-state index contributed by atoms with van der Waals surface area (Å²) >= 11 is 1.38. The van der Waals surface area contributed by atoms with Crippen molar-refractivity contribution in [2.45, 2.75) is 25.9 Å². The van der Waals surface area contributed by atoms with Crippen LogP contribution in [0.15, 0.2) is 34.9 Å². The number of furan rings is 1. The minimum Gasteiger partial charge on any atom is -0.480 e. The quantitative estimate of drug-likeness (QED) is 0.767. The monoisotopic (exact) mass is 293 g/mol. The first-order chi connectivity index (χ1) is 9.56. The smallest absolute Gasteiger partial charge is 0.321 e. The normalized spacial score (nSPS) is 12.2. The second-order valence-corrected chi connectivity index (χ2v) is 5.68. The zero-order valence-corrected chi connectivity index (χ0v) is 11.8. The molecule has 2 aromatic rings. The molecule has 2 rings (SSSR count). The minimum atomic E-state index is -1.04. The van der Waals surface area contributed by atoms with Gasteiger partial charge in [0.25, 0.3) is 0 Å². The molecule has 0 radical (unpaired) electrons. The largest absolute Gasteiger partial charge is 0.480 e. The van der Waals surface area contributed by atoms with Gasteiger partial charge in [0.05, 0.1) is 17.7 Å². The number of hydrogen-bond acceptors (Lipinski definition) is 5. The molecule has 1 unspecified atom stereocenters.